The molecule has 6 heteroatoms. The van der Waals surface area contributed by atoms with Crippen LogP contribution in [0.25, 0.3) is 0 Å². The normalized spacial score (nSPS) is 10.4. The summed E-state index contributed by atoms with van der Waals surface area (Å²) in [6.07, 6.45) is -0.481. The number of carboxylic acid groups (broad SMARTS) is 1. The van der Waals surface area contributed by atoms with Crippen molar-refractivity contribution in [3.05, 3.63) is 33.1 Å². The van der Waals surface area contributed by atoms with E-state index < -0.39 is 38.0 Å². The molecule has 0 unspecified atom stereocenters. The standard InChI is InChI=1S/C8H6FIO4/c9-6-1-2-7(10(13)14)5(3-6)4-8(11)12/h1-3H,4H2,(H,11,12). The molecule has 1 rings (SSSR count). The zero-order valence-corrected chi connectivity index (χ0v) is 9.02. The minimum atomic E-state index is -3.74. The van der Waals surface area contributed by atoms with Gasteiger partial charge in [0.1, 0.15) is 5.82 Å². The van der Waals surface area contributed by atoms with Crippen LogP contribution in [0.5, 0.6) is 0 Å². The molecular weight excluding hydrogens is 306 g/mol. The number of carbonyl (C=O) groups is 1. The molecule has 4 nitrogen and oxygen atoms in total. The Kier molecular flexibility index (Phi) is 3.50. The first-order chi connectivity index (χ1) is 6.50. The van der Waals surface area contributed by atoms with Gasteiger partial charge in [-0.1, -0.05) is 0 Å². The number of rotatable bonds is 3. The fraction of sp³-hybridized carbons (Fsp3) is 0.125. The molecule has 1 aromatic carbocycles. The lowest BCUT2D eigenvalue weighted by atomic mass is 10.1. The van der Waals surface area contributed by atoms with Crippen molar-refractivity contribution in [2.45, 2.75) is 6.42 Å². The monoisotopic (exact) mass is 312 g/mol. The molecule has 0 fully saturated rings. The molecule has 0 heterocycles. The van der Waals surface area contributed by atoms with Crippen LogP contribution in [-0.2, 0) is 17.4 Å². The van der Waals surface area contributed by atoms with Gasteiger partial charge >= 0.3 is 25.8 Å². The van der Waals surface area contributed by atoms with E-state index in [1.807, 2.05) is 0 Å². The van der Waals surface area contributed by atoms with Gasteiger partial charge in [-0.25, -0.2) is 10.5 Å². The van der Waals surface area contributed by atoms with E-state index in [4.69, 9.17) is 5.11 Å². The Balaban J connectivity index is 3.22. The van der Waals surface area contributed by atoms with Crippen molar-refractivity contribution in [3.63, 3.8) is 0 Å². The first kappa shape index (κ1) is 11.0. The van der Waals surface area contributed by atoms with Crippen LogP contribution in [0.15, 0.2) is 18.2 Å². The van der Waals surface area contributed by atoms with E-state index in [-0.39, 0.29) is 9.13 Å². The van der Waals surface area contributed by atoms with Crippen LogP contribution < -0.4 is 0 Å². The van der Waals surface area contributed by atoms with Gasteiger partial charge in [0, 0.05) is 0 Å². The molecule has 0 saturated carbocycles. The SMILES string of the molecule is O=C(O)Cc1cc(F)ccc1I(=O)=O. The van der Waals surface area contributed by atoms with Crippen molar-refractivity contribution >= 4 is 25.8 Å². The highest BCUT2D eigenvalue weighted by Crippen LogP contribution is 2.22. The van der Waals surface area contributed by atoms with Crippen LogP contribution in [0, 0.1) is 9.39 Å². The van der Waals surface area contributed by atoms with Crippen molar-refractivity contribution in [1.29, 1.82) is 0 Å². The van der Waals surface area contributed by atoms with Gasteiger partial charge in [-0.05, 0) is 23.8 Å². The lowest BCUT2D eigenvalue weighted by Gasteiger charge is -1.99. The van der Waals surface area contributed by atoms with Gasteiger partial charge < -0.3 is 5.11 Å². The van der Waals surface area contributed by atoms with Crippen molar-refractivity contribution < 1.29 is 20.4 Å². The van der Waals surface area contributed by atoms with Crippen LogP contribution in [0.4, 0.5) is 4.39 Å². The van der Waals surface area contributed by atoms with Crippen molar-refractivity contribution in [1.82, 2.24) is 0 Å². The van der Waals surface area contributed by atoms with E-state index in [9.17, 15) is 15.3 Å². The number of halogens is 2. The quantitative estimate of drug-likeness (QED) is 0.864. The lowest BCUT2D eigenvalue weighted by Crippen LogP contribution is -2.02. The Morgan fingerprint density at radius 1 is 1.43 bits per heavy atom. The number of hydrogen-bond donors (Lipinski definition) is 1. The van der Waals surface area contributed by atoms with Gasteiger partial charge in [0.25, 0.3) is 0 Å². The molecule has 0 aliphatic heterocycles. The Morgan fingerprint density at radius 3 is 2.57 bits per heavy atom. The van der Waals surface area contributed by atoms with Crippen LogP contribution in [0.1, 0.15) is 5.56 Å². The van der Waals surface area contributed by atoms with E-state index in [0.29, 0.717) is 0 Å². The summed E-state index contributed by atoms with van der Waals surface area (Å²) in [6, 6.07) is 3.03. The van der Waals surface area contributed by atoms with Crippen LogP contribution in [0.2, 0.25) is 0 Å². The molecule has 0 bridgehead atoms. The zero-order valence-electron chi connectivity index (χ0n) is 6.87. The average Bonchev–Trinajstić information content (AvgIpc) is 2.01. The number of aliphatic carboxylic acids is 1. The highest BCUT2D eigenvalue weighted by atomic mass is 127. The maximum Gasteiger partial charge on any atom is 0.341 e. The summed E-state index contributed by atoms with van der Waals surface area (Å²) in [7, 11) is 0. The molecule has 0 atom stereocenters. The Bertz CT molecular complexity index is 431. The number of benzene rings is 1. The molecule has 0 amide bonds. The Hall–Kier alpha value is -1.05. The van der Waals surface area contributed by atoms with Crippen molar-refractivity contribution in [3.8, 4) is 0 Å². The molecule has 0 radical (unpaired) electrons. The second-order valence-corrected chi connectivity index (χ2v) is 4.93. The van der Waals surface area contributed by atoms with E-state index in [2.05, 4.69) is 0 Å². The van der Waals surface area contributed by atoms with Gasteiger partial charge in [-0.15, -0.1) is 0 Å². The molecule has 0 aliphatic carbocycles. The smallest absolute Gasteiger partial charge is 0.341 e. The summed E-state index contributed by atoms with van der Waals surface area (Å²) >= 11 is -3.74. The van der Waals surface area contributed by atoms with Crippen molar-refractivity contribution in [2.75, 3.05) is 0 Å². The third-order valence-corrected chi connectivity index (χ3v) is 3.52. The first-order valence-electron chi connectivity index (χ1n) is 3.56. The maximum absolute atomic E-state index is 12.7. The minimum absolute atomic E-state index is 0.00713. The summed E-state index contributed by atoms with van der Waals surface area (Å²) in [5.41, 5.74) is 0.00713. The minimum Gasteiger partial charge on any atom is -0.481 e. The van der Waals surface area contributed by atoms with Crippen LogP contribution in [-0.4, -0.2) is 11.1 Å². The molecule has 0 saturated heterocycles. The topological polar surface area (TPSA) is 71.4 Å². The average molecular weight is 312 g/mol. The molecule has 0 aliphatic rings. The Morgan fingerprint density at radius 2 is 2.07 bits per heavy atom. The van der Waals surface area contributed by atoms with E-state index in [0.717, 1.165) is 18.2 Å². The molecule has 0 spiro atoms. The highest BCUT2D eigenvalue weighted by molar-refractivity contribution is 14.2. The van der Waals surface area contributed by atoms with Crippen LogP contribution >= 0.6 is 19.8 Å². The largest absolute Gasteiger partial charge is 0.481 e. The number of carboxylic acids is 1. The highest BCUT2D eigenvalue weighted by Gasteiger charge is 2.11. The summed E-state index contributed by atoms with van der Waals surface area (Å²) in [5, 5.41) is 8.45. The van der Waals surface area contributed by atoms with E-state index in [1.54, 1.807) is 0 Å². The van der Waals surface area contributed by atoms with E-state index >= 15 is 0 Å². The first-order valence-corrected chi connectivity index (χ1v) is 6.40. The number of hydrogen-bond acceptors (Lipinski definition) is 3. The van der Waals surface area contributed by atoms with Gasteiger partial charge in [0.2, 0.25) is 0 Å². The van der Waals surface area contributed by atoms with E-state index in [1.165, 1.54) is 0 Å². The van der Waals surface area contributed by atoms with Crippen molar-refractivity contribution in [2.24, 2.45) is 0 Å². The molecule has 14 heavy (non-hydrogen) atoms. The molecule has 76 valence electrons. The second-order valence-electron chi connectivity index (χ2n) is 2.52. The fourth-order valence-electron chi connectivity index (χ4n) is 0.992. The second kappa shape index (κ2) is 4.45. The zero-order chi connectivity index (χ0) is 10.7. The third kappa shape index (κ3) is 2.72. The third-order valence-electron chi connectivity index (χ3n) is 1.52. The van der Waals surface area contributed by atoms with Gasteiger partial charge in [-0.2, -0.15) is 0 Å². The maximum atomic E-state index is 12.7. The summed E-state index contributed by atoms with van der Waals surface area (Å²) in [6.45, 7) is 0. The summed E-state index contributed by atoms with van der Waals surface area (Å²) < 4.78 is 34.1. The molecule has 1 N–H and O–H groups in total. The fourth-order valence-corrected chi connectivity index (χ4v) is 2.38. The molecular formula is C8H6FIO4. The Labute approximate surface area is 85.9 Å². The van der Waals surface area contributed by atoms with Crippen LogP contribution in [0.3, 0.4) is 0 Å². The van der Waals surface area contributed by atoms with Gasteiger partial charge in [0.05, 0.1) is 9.99 Å². The summed E-state index contributed by atoms with van der Waals surface area (Å²) in [4.78, 5) is 10.3. The summed E-state index contributed by atoms with van der Waals surface area (Å²) in [5.74, 6) is -1.82. The molecule has 0 aromatic heterocycles. The predicted molar refractivity (Wildman–Crippen MR) is 51.8 cm³/mol. The predicted octanol–water partition coefficient (Wildman–Crippen LogP) is 1.82. The lowest BCUT2D eigenvalue weighted by molar-refractivity contribution is -0.136. The van der Waals surface area contributed by atoms with Gasteiger partial charge in [-0.3, -0.25) is 4.79 Å². The molecule has 1 aromatic rings. The van der Waals surface area contributed by atoms with Gasteiger partial charge in [0.15, 0.2) is 0 Å².